The van der Waals surface area contributed by atoms with Crippen molar-refractivity contribution in [1.82, 2.24) is 9.80 Å². The van der Waals surface area contributed by atoms with Crippen LogP contribution in [0.1, 0.15) is 5.56 Å². The third-order valence-electron chi connectivity index (χ3n) is 5.20. The highest BCUT2D eigenvalue weighted by atomic mass is 16.5. The normalized spacial score (nSPS) is 22.5. The first-order valence-electron chi connectivity index (χ1n) is 9.40. The van der Waals surface area contributed by atoms with Crippen molar-refractivity contribution in [2.45, 2.75) is 6.42 Å². The summed E-state index contributed by atoms with van der Waals surface area (Å²) in [5.41, 5.74) is 2.14. The Morgan fingerprint density at radius 2 is 1.92 bits per heavy atom. The monoisotopic (exact) mass is 358 g/mol. The van der Waals surface area contributed by atoms with E-state index in [1.165, 1.54) is 5.56 Å². The molecule has 1 aromatic heterocycles. The van der Waals surface area contributed by atoms with Gasteiger partial charge < -0.3 is 18.8 Å². The largest absolute Gasteiger partial charge is 0.464 e. The van der Waals surface area contributed by atoms with Crippen LogP contribution in [0, 0.1) is 5.92 Å². The number of hydrogen-bond acceptors (Lipinski definition) is 5. The molecule has 0 aliphatic carbocycles. The highest BCUT2D eigenvalue weighted by Gasteiger charge is 2.24. The van der Waals surface area contributed by atoms with Gasteiger partial charge in [-0.1, -0.05) is 12.1 Å². The van der Waals surface area contributed by atoms with Crippen LogP contribution in [0.4, 0.5) is 0 Å². The molecule has 2 aromatic rings. The van der Waals surface area contributed by atoms with Crippen molar-refractivity contribution in [1.29, 1.82) is 0 Å². The van der Waals surface area contributed by atoms with Crippen LogP contribution >= 0.6 is 0 Å². The number of hydrogen-bond donors (Lipinski definition) is 0. The SMILES string of the molecule is O=C(CN1CCOCC1)N1CCOCC(Cc2ccc3ccoc3c2)C1. The molecule has 0 N–H and O–H groups in total. The van der Waals surface area contributed by atoms with E-state index < -0.39 is 0 Å². The smallest absolute Gasteiger partial charge is 0.236 e. The molecule has 2 saturated heterocycles. The Morgan fingerprint density at radius 1 is 1.08 bits per heavy atom. The predicted octanol–water partition coefficient (Wildman–Crippen LogP) is 1.78. The minimum absolute atomic E-state index is 0.198. The minimum Gasteiger partial charge on any atom is -0.464 e. The van der Waals surface area contributed by atoms with Crippen LogP contribution in [0.15, 0.2) is 34.9 Å². The molecule has 0 spiro atoms. The average molecular weight is 358 g/mol. The quantitative estimate of drug-likeness (QED) is 0.834. The summed E-state index contributed by atoms with van der Waals surface area (Å²) in [5, 5.41) is 1.12. The van der Waals surface area contributed by atoms with Crippen molar-refractivity contribution in [3.63, 3.8) is 0 Å². The molecular formula is C20H26N2O4. The second kappa shape index (κ2) is 8.20. The van der Waals surface area contributed by atoms with E-state index in [1.807, 2.05) is 11.0 Å². The van der Waals surface area contributed by atoms with Gasteiger partial charge in [0.2, 0.25) is 5.91 Å². The lowest BCUT2D eigenvalue weighted by atomic mass is 9.99. The van der Waals surface area contributed by atoms with Crippen LogP contribution in [0.25, 0.3) is 11.0 Å². The second-order valence-electron chi connectivity index (χ2n) is 7.17. The number of rotatable bonds is 4. The summed E-state index contributed by atoms with van der Waals surface area (Å²) in [6, 6.07) is 8.30. The number of amides is 1. The second-order valence-corrected chi connectivity index (χ2v) is 7.17. The number of carbonyl (C=O) groups excluding carboxylic acids is 1. The number of carbonyl (C=O) groups is 1. The molecule has 6 heteroatoms. The van der Waals surface area contributed by atoms with Crippen molar-refractivity contribution >= 4 is 16.9 Å². The Morgan fingerprint density at radius 3 is 2.81 bits per heavy atom. The predicted molar refractivity (Wildman–Crippen MR) is 98.1 cm³/mol. The summed E-state index contributed by atoms with van der Waals surface area (Å²) >= 11 is 0. The highest BCUT2D eigenvalue weighted by molar-refractivity contribution is 5.78. The molecule has 1 aromatic carbocycles. The van der Waals surface area contributed by atoms with Gasteiger partial charge in [0, 0.05) is 37.5 Å². The van der Waals surface area contributed by atoms with E-state index in [9.17, 15) is 4.79 Å². The van der Waals surface area contributed by atoms with E-state index in [4.69, 9.17) is 13.9 Å². The Labute approximate surface area is 153 Å². The molecule has 1 atom stereocenters. The summed E-state index contributed by atoms with van der Waals surface area (Å²) in [7, 11) is 0. The van der Waals surface area contributed by atoms with Gasteiger partial charge in [0.1, 0.15) is 5.58 Å². The molecule has 26 heavy (non-hydrogen) atoms. The summed E-state index contributed by atoms with van der Waals surface area (Å²) in [5.74, 6) is 0.502. The van der Waals surface area contributed by atoms with Gasteiger partial charge in [0.05, 0.1) is 39.2 Å². The summed E-state index contributed by atoms with van der Waals surface area (Å²) < 4.78 is 16.6. The fourth-order valence-electron chi connectivity index (χ4n) is 3.74. The van der Waals surface area contributed by atoms with E-state index in [0.717, 1.165) is 37.0 Å². The lowest BCUT2D eigenvalue weighted by molar-refractivity contribution is -0.133. The number of furan rings is 1. The van der Waals surface area contributed by atoms with Crippen LogP contribution in [0.5, 0.6) is 0 Å². The zero-order valence-electron chi connectivity index (χ0n) is 15.1. The summed E-state index contributed by atoms with van der Waals surface area (Å²) in [6.07, 6.45) is 2.60. The molecule has 1 amide bonds. The van der Waals surface area contributed by atoms with Crippen molar-refractivity contribution in [2.75, 3.05) is 59.2 Å². The highest BCUT2D eigenvalue weighted by Crippen LogP contribution is 2.20. The Bertz CT molecular complexity index is 738. The Balaban J connectivity index is 1.37. The van der Waals surface area contributed by atoms with E-state index in [2.05, 4.69) is 23.1 Å². The molecule has 4 rings (SSSR count). The standard InChI is InChI=1S/C20H26N2O4/c23-20(14-21-4-8-24-9-5-21)22-6-10-25-15-17(13-22)11-16-1-2-18-3-7-26-19(18)12-16/h1-3,7,12,17H,4-6,8-11,13-15H2. The Hall–Kier alpha value is -1.89. The molecule has 1 unspecified atom stereocenters. The van der Waals surface area contributed by atoms with Crippen LogP contribution in [-0.4, -0.2) is 74.9 Å². The van der Waals surface area contributed by atoms with Gasteiger partial charge in [-0.3, -0.25) is 9.69 Å². The van der Waals surface area contributed by atoms with Crippen LogP contribution < -0.4 is 0 Å². The van der Waals surface area contributed by atoms with Gasteiger partial charge in [0.15, 0.2) is 0 Å². The fraction of sp³-hybridized carbons (Fsp3) is 0.550. The molecule has 0 bridgehead atoms. The molecule has 2 aliphatic rings. The molecule has 0 saturated carbocycles. The van der Waals surface area contributed by atoms with E-state index in [-0.39, 0.29) is 5.91 Å². The van der Waals surface area contributed by atoms with E-state index in [1.54, 1.807) is 6.26 Å². The van der Waals surface area contributed by atoms with Crippen molar-refractivity contribution in [3.8, 4) is 0 Å². The average Bonchev–Trinajstić information content (AvgIpc) is 3.00. The van der Waals surface area contributed by atoms with Gasteiger partial charge in [0.25, 0.3) is 0 Å². The maximum atomic E-state index is 12.7. The fourth-order valence-corrected chi connectivity index (χ4v) is 3.74. The molecule has 2 fully saturated rings. The number of benzene rings is 1. The zero-order valence-corrected chi connectivity index (χ0v) is 15.1. The molecular weight excluding hydrogens is 332 g/mol. The van der Waals surface area contributed by atoms with Crippen LogP contribution in [0.3, 0.4) is 0 Å². The first-order chi connectivity index (χ1) is 12.8. The minimum atomic E-state index is 0.198. The molecule has 3 heterocycles. The molecule has 0 radical (unpaired) electrons. The van der Waals surface area contributed by atoms with E-state index in [0.29, 0.717) is 45.4 Å². The molecule has 6 nitrogen and oxygen atoms in total. The number of nitrogens with zero attached hydrogens (tertiary/aromatic N) is 2. The number of fused-ring (bicyclic) bond motifs is 1. The topological polar surface area (TPSA) is 55.2 Å². The van der Waals surface area contributed by atoms with Gasteiger partial charge in [-0.25, -0.2) is 0 Å². The summed E-state index contributed by atoms with van der Waals surface area (Å²) in [4.78, 5) is 16.9. The molecule has 140 valence electrons. The van der Waals surface area contributed by atoms with Crippen molar-refractivity contribution in [2.24, 2.45) is 5.92 Å². The lowest BCUT2D eigenvalue weighted by Gasteiger charge is -2.30. The van der Waals surface area contributed by atoms with Gasteiger partial charge in [-0.05, 0) is 24.1 Å². The Kier molecular flexibility index (Phi) is 5.53. The van der Waals surface area contributed by atoms with Gasteiger partial charge >= 0.3 is 0 Å². The maximum Gasteiger partial charge on any atom is 0.236 e. The van der Waals surface area contributed by atoms with Gasteiger partial charge in [-0.2, -0.15) is 0 Å². The first kappa shape index (κ1) is 17.5. The number of ether oxygens (including phenoxy) is 2. The van der Waals surface area contributed by atoms with Crippen molar-refractivity contribution < 1.29 is 18.7 Å². The van der Waals surface area contributed by atoms with Gasteiger partial charge in [-0.15, -0.1) is 0 Å². The molecule has 2 aliphatic heterocycles. The third-order valence-corrected chi connectivity index (χ3v) is 5.20. The first-order valence-corrected chi connectivity index (χ1v) is 9.40. The van der Waals surface area contributed by atoms with Crippen LogP contribution in [-0.2, 0) is 20.7 Å². The third kappa shape index (κ3) is 4.26. The zero-order chi connectivity index (χ0) is 17.8. The van der Waals surface area contributed by atoms with Crippen LogP contribution in [0.2, 0.25) is 0 Å². The van der Waals surface area contributed by atoms with Crippen molar-refractivity contribution in [3.05, 3.63) is 36.1 Å². The van der Waals surface area contributed by atoms with E-state index >= 15 is 0 Å². The summed E-state index contributed by atoms with van der Waals surface area (Å²) in [6.45, 7) is 6.32. The maximum absolute atomic E-state index is 12.7. The lowest BCUT2D eigenvalue weighted by Crippen LogP contribution is -2.46. The number of morpholine rings is 1.